The zero-order chi connectivity index (χ0) is 49.8. The van der Waals surface area contributed by atoms with Crippen molar-refractivity contribution in [1.29, 1.82) is 5.26 Å². The maximum Gasteiger partial charge on any atom is 0.0991 e. The summed E-state index contributed by atoms with van der Waals surface area (Å²) >= 11 is 0. The van der Waals surface area contributed by atoms with Crippen LogP contribution in [0.2, 0.25) is 0 Å². The Morgan fingerprint density at radius 3 is 1.46 bits per heavy atom. The Kier molecular flexibility index (Phi) is 9.41. The molecule has 0 spiro atoms. The maximum atomic E-state index is 10.5. The second kappa shape index (κ2) is 16.9. The monoisotopic (exact) mass is 942 g/mol. The van der Waals surface area contributed by atoms with Crippen molar-refractivity contribution in [3.63, 3.8) is 0 Å². The molecular weight excluding hydrogens is 895 g/mol. The number of nitrogens with zero attached hydrogens (tertiary/aromatic N) is 3. The fourth-order valence-electron chi connectivity index (χ4n) is 12.9. The average Bonchev–Trinajstić information content (AvgIpc) is 4.10. The van der Waals surface area contributed by atoms with Gasteiger partial charge in [-0.1, -0.05) is 183 Å². The van der Waals surface area contributed by atoms with Gasteiger partial charge in [0.1, 0.15) is 0 Å². The van der Waals surface area contributed by atoms with Gasteiger partial charge in [0.2, 0.25) is 0 Å². The highest BCUT2D eigenvalue weighted by molar-refractivity contribution is 6.11. The Hall–Kier alpha value is -9.36. The Balaban J connectivity index is 0.939. The number of nitriles is 1. The fraction of sp³-hybridized carbons (Fsp3) is 0.0704. The van der Waals surface area contributed by atoms with Crippen LogP contribution >= 0.6 is 0 Å². The molecule has 3 heteroatoms. The molecule has 3 aliphatic rings. The highest BCUT2D eigenvalue weighted by Gasteiger charge is 2.29. The summed E-state index contributed by atoms with van der Waals surface area (Å²) in [7, 11) is 0. The Labute approximate surface area is 432 Å². The van der Waals surface area contributed by atoms with Crippen LogP contribution in [0.1, 0.15) is 44.1 Å². The first-order chi connectivity index (χ1) is 37.0. The van der Waals surface area contributed by atoms with E-state index in [0.29, 0.717) is 5.56 Å². The third kappa shape index (κ3) is 6.48. The molecule has 0 saturated heterocycles. The number of hydrogen-bond acceptors (Lipinski definition) is 2. The highest BCUT2D eigenvalue weighted by Crippen LogP contribution is 2.53. The molecule has 0 aliphatic heterocycles. The number of pyridine rings is 1. The van der Waals surface area contributed by atoms with Gasteiger partial charge in [0.15, 0.2) is 0 Å². The van der Waals surface area contributed by atoms with Gasteiger partial charge < -0.3 is 4.57 Å². The maximum absolute atomic E-state index is 10.5. The van der Waals surface area contributed by atoms with Gasteiger partial charge in [-0.05, 0) is 173 Å². The largest absolute Gasteiger partial charge is 0.309 e. The quantitative estimate of drug-likeness (QED) is 0.176. The van der Waals surface area contributed by atoms with Crippen LogP contribution in [0.15, 0.2) is 231 Å². The van der Waals surface area contributed by atoms with Gasteiger partial charge in [-0.2, -0.15) is 5.26 Å². The van der Waals surface area contributed by atoms with Crippen molar-refractivity contribution in [2.24, 2.45) is 0 Å². The molecule has 74 heavy (non-hydrogen) atoms. The van der Waals surface area contributed by atoms with E-state index in [1.165, 1.54) is 55.6 Å². The molecule has 0 amide bonds. The molecule has 1 fully saturated rings. The molecule has 346 valence electrons. The first-order valence-corrected chi connectivity index (χ1v) is 25.9. The van der Waals surface area contributed by atoms with E-state index in [0.717, 1.165) is 115 Å². The summed E-state index contributed by atoms with van der Waals surface area (Å²) in [5.74, 6) is -0.767. The molecule has 0 atom stereocenters. The van der Waals surface area contributed by atoms with Gasteiger partial charge in [0.05, 0.1) is 28.4 Å². The van der Waals surface area contributed by atoms with E-state index in [4.69, 9.17) is 4.98 Å². The van der Waals surface area contributed by atoms with Crippen LogP contribution in [0.4, 0.5) is 0 Å². The summed E-state index contributed by atoms with van der Waals surface area (Å²) < 4.78 is 12.8. The van der Waals surface area contributed by atoms with E-state index >= 15 is 0 Å². The van der Waals surface area contributed by atoms with Crippen molar-refractivity contribution in [1.82, 2.24) is 9.55 Å². The van der Waals surface area contributed by atoms with Gasteiger partial charge in [-0.3, -0.25) is 4.98 Å². The molecule has 10 aromatic carbocycles. The predicted molar refractivity (Wildman–Crippen MR) is 306 cm³/mol. The van der Waals surface area contributed by atoms with Crippen LogP contribution in [0.3, 0.4) is 0 Å². The molecule has 0 N–H and O–H groups in total. The fourth-order valence-corrected chi connectivity index (χ4v) is 12.9. The number of aromatic nitrogens is 2. The van der Waals surface area contributed by atoms with Crippen molar-refractivity contribution in [3.05, 3.63) is 242 Å². The zero-order valence-electron chi connectivity index (χ0n) is 41.6. The lowest BCUT2D eigenvalue weighted by molar-refractivity contribution is 0.727. The van der Waals surface area contributed by atoms with Crippen LogP contribution in [-0.4, -0.2) is 9.55 Å². The van der Waals surface area contributed by atoms with E-state index in [2.05, 4.69) is 217 Å². The molecule has 0 radical (unpaired) electrons. The first-order valence-electron chi connectivity index (χ1n) is 26.4. The minimum Gasteiger partial charge on any atom is -0.309 e. The van der Waals surface area contributed by atoms with Gasteiger partial charge in [0.25, 0.3) is 0 Å². The van der Waals surface area contributed by atoms with Crippen molar-refractivity contribution in [2.45, 2.75) is 31.6 Å². The standard InChI is InChI=1S/C71H47N3/c72-43-44-30-37-69-67(39-44)61-24-11-12-29-68(61)74(69)48-33-36-59-58-34-31-46(40-64(58)55-21-6-3-17-51(55)52-18-4-8-23-57(52)66(59)42-48)49-26-13-27-50(70(49)45-15-1-2-16-45)47-32-35-60-63-28-14-38-73-71(63)62-25-10-9-20-54(62)53-19-5-7-22-56(53)65(60)41-47/h3-14,17-42,45H,1-2,15-16H2/i45D. The normalized spacial score (nSPS) is 13.7. The predicted octanol–water partition coefficient (Wildman–Crippen LogP) is 19.0. The average molecular weight is 943 g/mol. The lowest BCUT2D eigenvalue weighted by Gasteiger charge is -2.26. The van der Waals surface area contributed by atoms with Gasteiger partial charge in [-0.15, -0.1) is 0 Å². The molecule has 0 bridgehead atoms. The van der Waals surface area contributed by atoms with E-state index in [9.17, 15) is 6.63 Å². The van der Waals surface area contributed by atoms with Crippen LogP contribution in [0.25, 0.3) is 139 Å². The molecular formula is C71H47N3. The topological polar surface area (TPSA) is 41.6 Å². The van der Waals surface area contributed by atoms with Gasteiger partial charge in [-0.25, -0.2) is 0 Å². The molecule has 15 rings (SSSR count). The molecule has 1 saturated carbocycles. The summed E-state index contributed by atoms with van der Waals surface area (Å²) in [6, 6.07) is 84.1. The number of fused-ring (bicyclic) bond motifs is 19. The van der Waals surface area contributed by atoms with Gasteiger partial charge >= 0.3 is 0 Å². The SMILES string of the molecule is [2H]C1(c2c(-c3ccc4c(c3)-c3ccccc3-c3ccccc3-c3cc(-n5c6ccccc6c6cc(C#N)ccc65)ccc3-4)cccc2-c2ccc3c(c2)-c2ccccc2-c2ccccc2-c2ncccc2-3)CCCC1. The highest BCUT2D eigenvalue weighted by atomic mass is 15.0. The van der Waals surface area contributed by atoms with Crippen LogP contribution in [-0.2, 0) is 0 Å². The number of para-hydroxylation sites is 1. The Morgan fingerprint density at radius 1 is 0.392 bits per heavy atom. The lowest BCUT2D eigenvalue weighted by Crippen LogP contribution is -2.02. The molecule has 0 unspecified atom stereocenters. The Bertz CT molecular complexity index is 4400. The van der Waals surface area contributed by atoms with Crippen molar-refractivity contribution < 1.29 is 1.37 Å². The summed E-state index contributed by atoms with van der Waals surface area (Å²) in [6.45, 7) is 0. The van der Waals surface area contributed by atoms with Crippen molar-refractivity contribution >= 4 is 21.8 Å². The first kappa shape index (κ1) is 41.3. The summed E-state index contributed by atoms with van der Waals surface area (Å²) in [4.78, 5) is 5.02. The van der Waals surface area contributed by atoms with E-state index in [1.54, 1.807) is 0 Å². The third-order valence-electron chi connectivity index (χ3n) is 16.2. The molecule has 3 aliphatic carbocycles. The smallest absolute Gasteiger partial charge is 0.0991 e. The molecule has 2 aromatic heterocycles. The second-order valence-corrected chi connectivity index (χ2v) is 20.1. The summed E-state index contributed by atoms with van der Waals surface area (Å²) in [5.41, 5.74) is 27.9. The minimum atomic E-state index is -0.767. The van der Waals surface area contributed by atoms with Crippen LogP contribution in [0, 0.1) is 11.3 Å². The number of rotatable bonds is 4. The third-order valence-corrected chi connectivity index (χ3v) is 16.2. The summed E-state index contributed by atoms with van der Waals surface area (Å²) in [5, 5.41) is 12.1. The van der Waals surface area contributed by atoms with E-state index < -0.39 is 5.89 Å². The number of benzene rings is 10. The van der Waals surface area contributed by atoms with E-state index in [1.807, 2.05) is 24.4 Å². The molecule has 2 heterocycles. The van der Waals surface area contributed by atoms with Crippen LogP contribution < -0.4 is 0 Å². The molecule has 12 aromatic rings. The number of hydrogen-bond donors (Lipinski definition) is 0. The Morgan fingerprint density at radius 2 is 0.851 bits per heavy atom. The van der Waals surface area contributed by atoms with E-state index in [-0.39, 0.29) is 0 Å². The summed E-state index contributed by atoms with van der Waals surface area (Å²) in [6.07, 6.45) is 5.59. The van der Waals surface area contributed by atoms with Gasteiger partial charge in [0, 0.05) is 35.2 Å². The van der Waals surface area contributed by atoms with Crippen molar-refractivity contribution in [2.75, 3.05) is 0 Å². The van der Waals surface area contributed by atoms with Crippen molar-refractivity contribution in [3.8, 4) is 123 Å². The zero-order valence-corrected chi connectivity index (χ0v) is 40.6. The lowest BCUT2D eigenvalue weighted by atomic mass is 9.78. The van der Waals surface area contributed by atoms with Crippen LogP contribution in [0.5, 0.6) is 0 Å². The second-order valence-electron chi connectivity index (χ2n) is 20.1. The molecule has 3 nitrogen and oxygen atoms in total. The minimum absolute atomic E-state index is 0.652.